The minimum atomic E-state index is -0.276. The molecule has 1 aliphatic heterocycles. The summed E-state index contributed by atoms with van der Waals surface area (Å²) in [4.78, 5) is 27.8. The van der Waals surface area contributed by atoms with E-state index in [0.29, 0.717) is 49.8 Å². The number of aryl methyl sites for hydroxylation is 1. The Balaban J connectivity index is 1.28. The molecule has 0 unspecified atom stereocenters. The van der Waals surface area contributed by atoms with Crippen LogP contribution < -0.4 is 10.1 Å². The molecule has 8 nitrogen and oxygen atoms in total. The number of carbonyl (C=O) groups excluding carboxylic acids is 2. The summed E-state index contributed by atoms with van der Waals surface area (Å²) in [6.07, 6.45) is 3.70. The minimum Gasteiger partial charge on any atom is -0.488 e. The molecule has 8 heteroatoms. The summed E-state index contributed by atoms with van der Waals surface area (Å²) in [6, 6.07) is 11.1. The highest BCUT2D eigenvalue weighted by atomic mass is 16.5. The quantitative estimate of drug-likeness (QED) is 0.488. The Morgan fingerprint density at radius 2 is 1.78 bits per heavy atom. The lowest BCUT2D eigenvalue weighted by molar-refractivity contribution is 0.0684. The maximum atomic E-state index is 13.0. The van der Waals surface area contributed by atoms with E-state index in [1.807, 2.05) is 79.9 Å². The number of hydrogen-bond acceptors (Lipinski definition) is 5. The van der Waals surface area contributed by atoms with Crippen LogP contribution >= 0.6 is 0 Å². The molecule has 0 aliphatic carbocycles. The fourth-order valence-corrected chi connectivity index (χ4v) is 4.70. The van der Waals surface area contributed by atoms with E-state index in [2.05, 4.69) is 10.4 Å². The van der Waals surface area contributed by atoms with Crippen LogP contribution in [-0.4, -0.2) is 65.4 Å². The molecule has 0 bridgehead atoms. The van der Waals surface area contributed by atoms with Crippen molar-refractivity contribution in [1.82, 2.24) is 20.0 Å². The molecule has 2 heterocycles. The predicted octanol–water partition coefficient (Wildman–Crippen LogP) is 4.45. The highest BCUT2D eigenvalue weighted by Crippen LogP contribution is 2.23. The first-order chi connectivity index (χ1) is 17.6. The molecule has 1 aromatic heterocycles. The largest absolute Gasteiger partial charge is 0.488 e. The third-order valence-corrected chi connectivity index (χ3v) is 6.75. The van der Waals surface area contributed by atoms with E-state index >= 15 is 0 Å². The lowest BCUT2D eigenvalue weighted by Gasteiger charge is -2.32. The number of amides is 2. The van der Waals surface area contributed by atoms with Crippen LogP contribution in [0.25, 0.3) is 10.9 Å². The molecule has 1 saturated heterocycles. The molecule has 2 amide bonds. The predicted molar refractivity (Wildman–Crippen MR) is 144 cm³/mol. The molecular formula is C29H38N4O4. The maximum absolute atomic E-state index is 13.0. The Hall–Kier alpha value is -3.39. The van der Waals surface area contributed by atoms with Gasteiger partial charge in [-0.2, -0.15) is 5.10 Å². The Kier molecular flexibility index (Phi) is 8.17. The SMILES string of the molecule is COCCn1cc2c(C)c(C(=O)NCC3CCN(C(=O)c4ccc(OC(C)(C)C)cc4)CC3)ccc2n1. The van der Waals surface area contributed by atoms with Gasteiger partial charge in [-0.05, 0) is 88.4 Å². The van der Waals surface area contributed by atoms with Crippen LogP contribution in [0, 0.1) is 12.8 Å². The first-order valence-electron chi connectivity index (χ1n) is 13.0. The van der Waals surface area contributed by atoms with E-state index in [1.54, 1.807) is 7.11 Å². The van der Waals surface area contributed by atoms with Gasteiger partial charge in [-0.25, -0.2) is 0 Å². The molecule has 0 spiro atoms. The molecule has 0 saturated carbocycles. The number of rotatable bonds is 8. The van der Waals surface area contributed by atoms with Crippen molar-refractivity contribution in [3.63, 3.8) is 0 Å². The van der Waals surface area contributed by atoms with Gasteiger partial charge in [0.25, 0.3) is 11.8 Å². The van der Waals surface area contributed by atoms with Gasteiger partial charge < -0.3 is 19.7 Å². The van der Waals surface area contributed by atoms with Crippen LogP contribution in [0.15, 0.2) is 42.6 Å². The third kappa shape index (κ3) is 6.68. The van der Waals surface area contributed by atoms with Gasteiger partial charge >= 0.3 is 0 Å². The monoisotopic (exact) mass is 506 g/mol. The lowest BCUT2D eigenvalue weighted by atomic mass is 9.96. The first-order valence-corrected chi connectivity index (χ1v) is 13.0. The van der Waals surface area contributed by atoms with Gasteiger partial charge in [0.1, 0.15) is 11.4 Å². The molecular weight excluding hydrogens is 468 g/mol. The molecule has 0 radical (unpaired) electrons. The highest BCUT2D eigenvalue weighted by Gasteiger charge is 2.25. The van der Waals surface area contributed by atoms with E-state index < -0.39 is 0 Å². The fourth-order valence-electron chi connectivity index (χ4n) is 4.70. The van der Waals surface area contributed by atoms with Crippen molar-refractivity contribution in [3.05, 3.63) is 59.3 Å². The summed E-state index contributed by atoms with van der Waals surface area (Å²) in [5.41, 5.74) is 2.87. The van der Waals surface area contributed by atoms with Gasteiger partial charge in [0, 0.05) is 49.5 Å². The van der Waals surface area contributed by atoms with Crippen molar-refractivity contribution in [3.8, 4) is 5.75 Å². The topological polar surface area (TPSA) is 85.7 Å². The molecule has 4 rings (SSSR count). The number of aromatic nitrogens is 2. The van der Waals surface area contributed by atoms with Gasteiger partial charge in [-0.1, -0.05) is 0 Å². The van der Waals surface area contributed by atoms with Crippen molar-refractivity contribution in [1.29, 1.82) is 0 Å². The average molecular weight is 507 g/mol. The summed E-state index contributed by atoms with van der Waals surface area (Å²) in [7, 11) is 1.67. The number of likely N-dealkylation sites (tertiary alicyclic amines) is 1. The molecule has 1 N–H and O–H groups in total. The van der Waals surface area contributed by atoms with Gasteiger partial charge in [0.05, 0.1) is 18.7 Å². The molecule has 3 aromatic rings. The summed E-state index contributed by atoms with van der Waals surface area (Å²) < 4.78 is 12.8. The van der Waals surface area contributed by atoms with Crippen LogP contribution in [0.1, 0.15) is 59.9 Å². The molecule has 0 atom stereocenters. The van der Waals surface area contributed by atoms with Crippen LogP contribution in [0.3, 0.4) is 0 Å². The minimum absolute atomic E-state index is 0.0415. The molecule has 198 valence electrons. The standard InChI is InChI=1S/C29H38N4O4/c1-20-24(10-11-26-25(20)19-33(31-26)16-17-36-5)27(34)30-18-21-12-14-32(15-13-21)28(35)22-6-8-23(9-7-22)37-29(2,3)4/h6-11,19,21H,12-18H2,1-5H3,(H,30,34). The first kappa shape index (κ1) is 26.7. The maximum Gasteiger partial charge on any atom is 0.253 e. The number of fused-ring (bicyclic) bond motifs is 1. The van der Waals surface area contributed by atoms with Crippen molar-refractivity contribution < 1.29 is 19.1 Å². The highest BCUT2D eigenvalue weighted by molar-refractivity contribution is 6.00. The Morgan fingerprint density at radius 3 is 2.43 bits per heavy atom. The smallest absolute Gasteiger partial charge is 0.253 e. The molecule has 1 fully saturated rings. The van der Waals surface area contributed by atoms with E-state index in [4.69, 9.17) is 9.47 Å². The second kappa shape index (κ2) is 11.3. The van der Waals surface area contributed by atoms with Crippen LogP contribution in [0.2, 0.25) is 0 Å². The number of carbonyl (C=O) groups is 2. The Bertz CT molecular complexity index is 1240. The summed E-state index contributed by atoms with van der Waals surface area (Å²) in [5.74, 6) is 1.07. The summed E-state index contributed by atoms with van der Waals surface area (Å²) in [5, 5.41) is 8.65. The normalized spacial score (nSPS) is 14.7. The molecule has 1 aliphatic rings. The van der Waals surface area contributed by atoms with Crippen LogP contribution in [0.4, 0.5) is 0 Å². The number of benzene rings is 2. The second-order valence-electron chi connectivity index (χ2n) is 10.7. The number of piperidine rings is 1. The summed E-state index contributed by atoms with van der Waals surface area (Å²) >= 11 is 0. The lowest BCUT2D eigenvalue weighted by Crippen LogP contribution is -2.41. The number of nitrogens with zero attached hydrogens (tertiary/aromatic N) is 3. The zero-order chi connectivity index (χ0) is 26.6. The summed E-state index contributed by atoms with van der Waals surface area (Å²) in [6.45, 7) is 11.2. The van der Waals surface area contributed by atoms with Gasteiger partial charge in [-0.3, -0.25) is 14.3 Å². The van der Waals surface area contributed by atoms with Gasteiger partial charge in [-0.15, -0.1) is 0 Å². The van der Waals surface area contributed by atoms with E-state index in [0.717, 1.165) is 35.1 Å². The van der Waals surface area contributed by atoms with Crippen molar-refractivity contribution in [2.75, 3.05) is 33.4 Å². The Morgan fingerprint density at radius 1 is 1.08 bits per heavy atom. The van der Waals surface area contributed by atoms with Crippen LogP contribution in [-0.2, 0) is 11.3 Å². The fraction of sp³-hybridized carbons (Fsp3) is 0.483. The van der Waals surface area contributed by atoms with Crippen molar-refractivity contribution in [2.24, 2.45) is 5.92 Å². The number of methoxy groups -OCH3 is 1. The van der Waals surface area contributed by atoms with E-state index in [1.165, 1.54) is 0 Å². The zero-order valence-corrected chi connectivity index (χ0v) is 22.5. The van der Waals surface area contributed by atoms with Crippen molar-refractivity contribution >= 4 is 22.7 Å². The zero-order valence-electron chi connectivity index (χ0n) is 22.5. The van der Waals surface area contributed by atoms with E-state index in [9.17, 15) is 9.59 Å². The molecule has 2 aromatic carbocycles. The second-order valence-corrected chi connectivity index (χ2v) is 10.7. The van der Waals surface area contributed by atoms with Crippen LogP contribution in [0.5, 0.6) is 5.75 Å². The Labute approximate surface area is 218 Å². The van der Waals surface area contributed by atoms with Crippen molar-refractivity contribution in [2.45, 2.75) is 52.7 Å². The third-order valence-electron chi connectivity index (χ3n) is 6.75. The van der Waals surface area contributed by atoms with Gasteiger partial charge in [0.2, 0.25) is 0 Å². The molecule has 37 heavy (non-hydrogen) atoms. The number of hydrogen-bond donors (Lipinski definition) is 1. The average Bonchev–Trinajstić information content (AvgIpc) is 3.30. The number of nitrogens with one attached hydrogen (secondary N) is 1. The van der Waals surface area contributed by atoms with Gasteiger partial charge in [0.15, 0.2) is 0 Å². The number of ether oxygens (including phenoxy) is 2. The van der Waals surface area contributed by atoms with E-state index in [-0.39, 0.29) is 17.4 Å².